The van der Waals surface area contributed by atoms with E-state index in [2.05, 4.69) is 15.1 Å². The van der Waals surface area contributed by atoms with Gasteiger partial charge in [0.05, 0.1) is 18.5 Å². The summed E-state index contributed by atoms with van der Waals surface area (Å²) in [4.78, 5) is 2.50. The largest absolute Gasteiger partial charge is 0.497 e. The van der Waals surface area contributed by atoms with Crippen LogP contribution in [-0.4, -0.2) is 25.1 Å². The molecule has 0 aromatic heterocycles. The van der Waals surface area contributed by atoms with Gasteiger partial charge in [-0.05, 0) is 56.4 Å². The van der Waals surface area contributed by atoms with Crippen LogP contribution in [0.25, 0.3) is 0 Å². The summed E-state index contributed by atoms with van der Waals surface area (Å²) in [6.45, 7) is 2.38. The first-order chi connectivity index (χ1) is 9.86. The van der Waals surface area contributed by atoms with Gasteiger partial charge in [-0.2, -0.15) is 10.2 Å². The normalized spacial score (nSPS) is 19.4. The van der Waals surface area contributed by atoms with Gasteiger partial charge in [0.2, 0.25) is 0 Å². The van der Waals surface area contributed by atoms with E-state index >= 15 is 0 Å². The van der Waals surface area contributed by atoms with Crippen LogP contribution in [0.4, 0.5) is 5.69 Å². The highest BCUT2D eigenvalue weighted by Crippen LogP contribution is 2.31. The molecule has 20 heavy (non-hydrogen) atoms. The second-order valence-electron chi connectivity index (χ2n) is 5.34. The van der Waals surface area contributed by atoms with Crippen LogP contribution in [0.5, 0.6) is 5.75 Å². The van der Waals surface area contributed by atoms with Gasteiger partial charge in [-0.1, -0.05) is 0 Å². The monoisotopic (exact) mass is 271 g/mol. The van der Waals surface area contributed by atoms with Gasteiger partial charge in [0.1, 0.15) is 5.75 Å². The molecular weight excluding hydrogens is 250 g/mol. The molecule has 2 heterocycles. The lowest BCUT2D eigenvalue weighted by atomic mass is 9.99. The van der Waals surface area contributed by atoms with Crippen LogP contribution in [0.15, 0.2) is 45.9 Å². The number of hydrogen-bond acceptors (Lipinski definition) is 4. The molecule has 1 saturated heterocycles. The second-order valence-corrected chi connectivity index (χ2v) is 5.34. The van der Waals surface area contributed by atoms with Gasteiger partial charge in [-0.3, -0.25) is 0 Å². The summed E-state index contributed by atoms with van der Waals surface area (Å²) in [5.41, 5.74) is 3.50. The van der Waals surface area contributed by atoms with Crippen LogP contribution in [-0.2, 0) is 0 Å². The zero-order valence-corrected chi connectivity index (χ0v) is 12.0. The maximum absolute atomic E-state index is 5.15. The van der Waals surface area contributed by atoms with Crippen LogP contribution < -0.4 is 4.74 Å². The first-order valence-corrected chi connectivity index (χ1v) is 7.39. The van der Waals surface area contributed by atoms with Gasteiger partial charge in [0, 0.05) is 18.8 Å². The van der Waals surface area contributed by atoms with Crippen molar-refractivity contribution in [2.75, 3.05) is 20.2 Å². The van der Waals surface area contributed by atoms with E-state index in [1.807, 2.05) is 24.3 Å². The van der Waals surface area contributed by atoms with Crippen molar-refractivity contribution < 1.29 is 4.74 Å². The molecule has 1 aromatic rings. The smallest absolute Gasteiger partial charge is 0.119 e. The Morgan fingerprint density at radius 1 is 0.950 bits per heavy atom. The fraction of sp³-hybridized carbons (Fsp3) is 0.500. The molecule has 0 saturated carbocycles. The van der Waals surface area contributed by atoms with E-state index in [4.69, 9.17) is 4.74 Å². The Morgan fingerprint density at radius 3 is 2.55 bits per heavy atom. The molecule has 2 aliphatic heterocycles. The van der Waals surface area contributed by atoms with E-state index in [1.165, 1.54) is 43.7 Å². The number of rotatable bonds is 3. The van der Waals surface area contributed by atoms with Crippen molar-refractivity contribution in [1.29, 1.82) is 0 Å². The van der Waals surface area contributed by atoms with E-state index in [9.17, 15) is 0 Å². The first kappa shape index (κ1) is 13.2. The van der Waals surface area contributed by atoms with Crippen LogP contribution in [0, 0.1) is 0 Å². The molecule has 2 aliphatic rings. The zero-order valence-electron chi connectivity index (χ0n) is 12.0. The molecule has 1 fully saturated rings. The number of fused-ring (bicyclic) bond motifs is 1. The maximum atomic E-state index is 5.15. The molecule has 0 aliphatic carbocycles. The van der Waals surface area contributed by atoms with E-state index in [1.54, 1.807) is 7.11 Å². The van der Waals surface area contributed by atoms with Gasteiger partial charge in [0.25, 0.3) is 0 Å². The van der Waals surface area contributed by atoms with Crippen molar-refractivity contribution >= 4 is 5.69 Å². The third-order valence-corrected chi connectivity index (χ3v) is 4.01. The minimum atomic E-state index is 0.849. The minimum Gasteiger partial charge on any atom is -0.497 e. The lowest BCUT2D eigenvalue weighted by Gasteiger charge is -2.35. The average Bonchev–Trinajstić information content (AvgIpc) is 2.53. The summed E-state index contributed by atoms with van der Waals surface area (Å²) in [5, 5.41) is 8.90. The van der Waals surface area contributed by atoms with Gasteiger partial charge >= 0.3 is 0 Å². The highest BCUT2D eigenvalue weighted by Gasteiger charge is 2.22. The molecule has 0 N–H and O–H groups in total. The Balaban J connectivity index is 1.77. The summed E-state index contributed by atoms with van der Waals surface area (Å²) >= 11 is 0. The van der Waals surface area contributed by atoms with Crippen LogP contribution in [0.2, 0.25) is 0 Å². The van der Waals surface area contributed by atoms with Gasteiger partial charge < -0.3 is 9.64 Å². The number of piperidine rings is 1. The Hall–Kier alpha value is -1.84. The standard InChI is InChI=1S/C16H21N3O/c1-20-14-9-7-13(8-10-14)17-18-15-5-4-12-19-11-3-2-6-16(15)19/h7-10H,2-6,11-12H2,1H3. The molecular formula is C16H21N3O. The Morgan fingerprint density at radius 2 is 1.75 bits per heavy atom. The highest BCUT2D eigenvalue weighted by atomic mass is 16.5. The van der Waals surface area contributed by atoms with Gasteiger partial charge in [-0.15, -0.1) is 0 Å². The fourth-order valence-corrected chi connectivity index (χ4v) is 2.92. The molecule has 0 atom stereocenters. The predicted molar refractivity (Wildman–Crippen MR) is 79.2 cm³/mol. The second kappa shape index (κ2) is 6.07. The van der Waals surface area contributed by atoms with E-state index in [-0.39, 0.29) is 0 Å². The summed E-state index contributed by atoms with van der Waals surface area (Å²) < 4.78 is 5.15. The van der Waals surface area contributed by atoms with Crippen LogP contribution in [0.3, 0.4) is 0 Å². The molecule has 0 amide bonds. The fourth-order valence-electron chi connectivity index (χ4n) is 2.92. The number of ether oxygens (including phenoxy) is 1. The van der Waals surface area contributed by atoms with Gasteiger partial charge in [-0.25, -0.2) is 0 Å². The van der Waals surface area contributed by atoms with E-state index in [0.717, 1.165) is 24.3 Å². The molecule has 4 heteroatoms. The lowest BCUT2D eigenvalue weighted by Crippen LogP contribution is -2.32. The lowest BCUT2D eigenvalue weighted by molar-refractivity contribution is 0.265. The number of allylic oxidation sites excluding steroid dienone is 2. The maximum Gasteiger partial charge on any atom is 0.119 e. The zero-order chi connectivity index (χ0) is 13.8. The summed E-state index contributed by atoms with van der Waals surface area (Å²) in [6.07, 6.45) is 6.02. The van der Waals surface area contributed by atoms with Crippen molar-refractivity contribution in [3.8, 4) is 5.75 Å². The Bertz CT molecular complexity index is 519. The third-order valence-electron chi connectivity index (χ3n) is 4.01. The molecule has 4 nitrogen and oxygen atoms in total. The van der Waals surface area contributed by atoms with E-state index < -0.39 is 0 Å². The number of nitrogens with zero attached hydrogens (tertiary/aromatic N) is 3. The quantitative estimate of drug-likeness (QED) is 0.770. The Labute approximate surface area is 120 Å². The number of hydrogen-bond donors (Lipinski definition) is 0. The molecule has 106 valence electrons. The molecule has 0 spiro atoms. The number of benzene rings is 1. The first-order valence-electron chi connectivity index (χ1n) is 7.39. The highest BCUT2D eigenvalue weighted by molar-refractivity contribution is 5.40. The molecule has 0 bridgehead atoms. The molecule has 1 aromatic carbocycles. The SMILES string of the molecule is COc1ccc(N=NC2=C3CCCCN3CCC2)cc1. The number of methoxy groups -OCH3 is 1. The summed E-state index contributed by atoms with van der Waals surface area (Å²) in [7, 11) is 1.67. The van der Waals surface area contributed by atoms with Crippen molar-refractivity contribution in [1.82, 2.24) is 4.90 Å². The summed E-state index contributed by atoms with van der Waals surface area (Å²) in [5.74, 6) is 0.849. The average molecular weight is 271 g/mol. The summed E-state index contributed by atoms with van der Waals surface area (Å²) in [6, 6.07) is 7.71. The van der Waals surface area contributed by atoms with Crippen molar-refractivity contribution in [2.45, 2.75) is 32.1 Å². The third kappa shape index (κ3) is 2.84. The molecule has 0 unspecified atom stereocenters. The van der Waals surface area contributed by atoms with E-state index in [0.29, 0.717) is 0 Å². The van der Waals surface area contributed by atoms with Crippen molar-refractivity contribution in [3.05, 3.63) is 35.7 Å². The van der Waals surface area contributed by atoms with Crippen LogP contribution >= 0.6 is 0 Å². The predicted octanol–water partition coefficient (Wildman–Crippen LogP) is 4.27. The molecule has 0 radical (unpaired) electrons. The topological polar surface area (TPSA) is 37.2 Å². The Kier molecular flexibility index (Phi) is 4.00. The van der Waals surface area contributed by atoms with Crippen LogP contribution in [0.1, 0.15) is 32.1 Å². The van der Waals surface area contributed by atoms with Crippen molar-refractivity contribution in [3.63, 3.8) is 0 Å². The molecule has 3 rings (SSSR count). The van der Waals surface area contributed by atoms with Gasteiger partial charge in [0.15, 0.2) is 0 Å². The number of azo groups is 1. The van der Waals surface area contributed by atoms with Crippen molar-refractivity contribution in [2.24, 2.45) is 10.2 Å². The minimum absolute atomic E-state index is 0.849.